The normalized spacial score (nSPS) is 10.7. The van der Waals surface area contributed by atoms with E-state index in [1.165, 1.54) is 49.7 Å². The molecule has 2 aromatic rings. The molecule has 20 heavy (non-hydrogen) atoms. The fourth-order valence-electron chi connectivity index (χ4n) is 2.46. The molecule has 0 fully saturated rings. The van der Waals surface area contributed by atoms with E-state index in [1.54, 1.807) is 0 Å². The molecule has 0 bridgehead atoms. The number of hydrogen-bond donors (Lipinski definition) is 0. The molecule has 1 aromatic carbocycles. The highest BCUT2D eigenvalue weighted by atomic mass is 14.9. The van der Waals surface area contributed by atoms with Gasteiger partial charge in [-0.25, -0.2) is 4.57 Å². The van der Waals surface area contributed by atoms with E-state index in [-0.39, 0.29) is 0 Å². The van der Waals surface area contributed by atoms with E-state index in [0.29, 0.717) is 0 Å². The first-order valence-corrected chi connectivity index (χ1v) is 7.90. The summed E-state index contributed by atoms with van der Waals surface area (Å²) in [6.07, 6.45) is 11.8. The smallest absolute Gasteiger partial charge is 0.168 e. The molecule has 0 N–H and O–H groups in total. The molecule has 1 heterocycles. The van der Waals surface area contributed by atoms with Gasteiger partial charge in [0.2, 0.25) is 0 Å². The highest BCUT2D eigenvalue weighted by Gasteiger charge is 1.99. The van der Waals surface area contributed by atoms with Gasteiger partial charge >= 0.3 is 0 Å². The van der Waals surface area contributed by atoms with Crippen molar-refractivity contribution in [1.82, 2.24) is 0 Å². The summed E-state index contributed by atoms with van der Waals surface area (Å²) in [6.45, 7) is 3.37. The second kappa shape index (κ2) is 8.52. The summed E-state index contributed by atoms with van der Waals surface area (Å²) in [4.78, 5) is 0. The lowest BCUT2D eigenvalue weighted by Gasteiger charge is -2.03. The van der Waals surface area contributed by atoms with Crippen molar-refractivity contribution in [3.05, 3.63) is 66.0 Å². The molecule has 0 aliphatic carbocycles. The van der Waals surface area contributed by atoms with Gasteiger partial charge in [0.25, 0.3) is 0 Å². The highest BCUT2D eigenvalue weighted by Crippen LogP contribution is 2.10. The Morgan fingerprint density at radius 3 is 1.95 bits per heavy atom. The lowest BCUT2D eigenvalue weighted by atomic mass is 10.0. The molecule has 0 aliphatic rings. The van der Waals surface area contributed by atoms with E-state index in [0.717, 1.165) is 6.54 Å². The van der Waals surface area contributed by atoms with Gasteiger partial charge in [-0.1, -0.05) is 43.7 Å². The van der Waals surface area contributed by atoms with Crippen LogP contribution in [0, 0.1) is 0 Å². The standard InChI is InChI=1S/C19H26N/c1-2-3-9-18-11-13-19(14-12-18)10-5-8-17-20-15-6-4-7-16-20/h4,6-7,11-16H,2-3,5,8-10,17H2,1H3/q+1. The lowest BCUT2D eigenvalue weighted by Crippen LogP contribution is -2.32. The van der Waals surface area contributed by atoms with E-state index in [1.807, 2.05) is 0 Å². The second-order valence-corrected chi connectivity index (χ2v) is 5.49. The van der Waals surface area contributed by atoms with Crippen LogP contribution in [-0.4, -0.2) is 0 Å². The Hall–Kier alpha value is -1.63. The molecule has 0 saturated carbocycles. The van der Waals surface area contributed by atoms with Gasteiger partial charge < -0.3 is 0 Å². The summed E-state index contributed by atoms with van der Waals surface area (Å²) < 4.78 is 2.26. The lowest BCUT2D eigenvalue weighted by molar-refractivity contribution is -0.697. The third-order valence-corrected chi connectivity index (χ3v) is 3.75. The van der Waals surface area contributed by atoms with Crippen LogP contribution in [0.15, 0.2) is 54.9 Å². The van der Waals surface area contributed by atoms with Gasteiger partial charge in [-0.3, -0.25) is 0 Å². The number of benzene rings is 1. The number of pyridine rings is 1. The molecule has 0 unspecified atom stereocenters. The Bertz CT molecular complexity index is 473. The number of unbranched alkanes of at least 4 members (excludes halogenated alkanes) is 2. The van der Waals surface area contributed by atoms with E-state index < -0.39 is 0 Å². The zero-order valence-electron chi connectivity index (χ0n) is 12.6. The minimum atomic E-state index is 1.12. The van der Waals surface area contributed by atoms with Crippen molar-refractivity contribution in [2.24, 2.45) is 0 Å². The second-order valence-electron chi connectivity index (χ2n) is 5.49. The molecule has 1 aromatic heterocycles. The molecule has 1 nitrogen and oxygen atoms in total. The van der Waals surface area contributed by atoms with Gasteiger partial charge in [0.05, 0.1) is 0 Å². The minimum Gasteiger partial charge on any atom is -0.205 e. The Morgan fingerprint density at radius 1 is 0.750 bits per heavy atom. The molecule has 0 atom stereocenters. The van der Waals surface area contributed by atoms with Crippen molar-refractivity contribution < 1.29 is 4.57 Å². The highest BCUT2D eigenvalue weighted by molar-refractivity contribution is 5.22. The van der Waals surface area contributed by atoms with Crippen LogP contribution in [0.3, 0.4) is 0 Å². The van der Waals surface area contributed by atoms with Crippen molar-refractivity contribution in [2.75, 3.05) is 0 Å². The van der Waals surface area contributed by atoms with Crippen molar-refractivity contribution in [1.29, 1.82) is 0 Å². The molecular formula is C19H26N+. The van der Waals surface area contributed by atoms with Gasteiger partial charge in [-0.15, -0.1) is 0 Å². The van der Waals surface area contributed by atoms with Gasteiger partial charge in [0.15, 0.2) is 12.4 Å². The minimum absolute atomic E-state index is 1.12. The van der Waals surface area contributed by atoms with Gasteiger partial charge in [-0.2, -0.15) is 0 Å². The number of nitrogens with zero attached hydrogens (tertiary/aromatic N) is 1. The van der Waals surface area contributed by atoms with E-state index in [9.17, 15) is 0 Å². The fraction of sp³-hybridized carbons (Fsp3) is 0.421. The van der Waals surface area contributed by atoms with Gasteiger partial charge in [-0.05, 0) is 36.8 Å². The maximum Gasteiger partial charge on any atom is 0.168 e. The fourth-order valence-corrected chi connectivity index (χ4v) is 2.46. The zero-order chi connectivity index (χ0) is 14.0. The Kier molecular flexibility index (Phi) is 6.30. The van der Waals surface area contributed by atoms with Crippen LogP contribution in [0.25, 0.3) is 0 Å². The number of rotatable bonds is 8. The summed E-state index contributed by atoms with van der Waals surface area (Å²) in [6, 6.07) is 15.5. The SMILES string of the molecule is CCCCc1ccc(CCCC[n+]2ccccc2)cc1. The predicted octanol–water partition coefficient (Wildman–Crippen LogP) is 4.34. The first-order valence-electron chi connectivity index (χ1n) is 7.90. The predicted molar refractivity (Wildman–Crippen MR) is 84.6 cm³/mol. The van der Waals surface area contributed by atoms with Crippen LogP contribution in [0.2, 0.25) is 0 Å². The Labute approximate surface area is 123 Å². The van der Waals surface area contributed by atoms with Crippen molar-refractivity contribution in [3.63, 3.8) is 0 Å². The van der Waals surface area contributed by atoms with E-state index >= 15 is 0 Å². The first kappa shape index (κ1) is 14.8. The molecule has 0 saturated heterocycles. The molecule has 2 rings (SSSR count). The van der Waals surface area contributed by atoms with Crippen LogP contribution in [0.5, 0.6) is 0 Å². The molecular weight excluding hydrogens is 242 g/mol. The molecule has 1 heteroatoms. The number of aryl methyl sites for hydroxylation is 3. The maximum atomic E-state index is 2.31. The van der Waals surface area contributed by atoms with Crippen LogP contribution in [0.4, 0.5) is 0 Å². The molecule has 0 aliphatic heterocycles. The Balaban J connectivity index is 1.69. The average molecular weight is 268 g/mol. The van der Waals surface area contributed by atoms with Gasteiger partial charge in [0.1, 0.15) is 6.54 Å². The van der Waals surface area contributed by atoms with Crippen molar-refractivity contribution in [3.8, 4) is 0 Å². The van der Waals surface area contributed by atoms with Crippen molar-refractivity contribution in [2.45, 2.75) is 52.0 Å². The van der Waals surface area contributed by atoms with Crippen molar-refractivity contribution >= 4 is 0 Å². The number of hydrogen-bond acceptors (Lipinski definition) is 0. The molecule has 106 valence electrons. The molecule has 0 amide bonds. The average Bonchev–Trinajstić information content (AvgIpc) is 2.52. The van der Waals surface area contributed by atoms with Crippen LogP contribution >= 0.6 is 0 Å². The van der Waals surface area contributed by atoms with Crippen LogP contribution in [-0.2, 0) is 19.4 Å². The molecule has 0 spiro atoms. The van der Waals surface area contributed by atoms with E-state index in [2.05, 4.69) is 66.3 Å². The topological polar surface area (TPSA) is 3.88 Å². The maximum absolute atomic E-state index is 2.31. The quantitative estimate of drug-likeness (QED) is 0.495. The first-order chi connectivity index (χ1) is 9.88. The Morgan fingerprint density at radius 2 is 1.35 bits per heavy atom. The van der Waals surface area contributed by atoms with Gasteiger partial charge in [0, 0.05) is 18.6 Å². The number of aromatic nitrogens is 1. The van der Waals surface area contributed by atoms with Crippen LogP contribution in [0.1, 0.15) is 43.7 Å². The largest absolute Gasteiger partial charge is 0.205 e. The van der Waals surface area contributed by atoms with Crippen LogP contribution < -0.4 is 4.57 Å². The third kappa shape index (κ3) is 5.16. The summed E-state index contributed by atoms with van der Waals surface area (Å²) in [5.74, 6) is 0. The molecule has 0 radical (unpaired) electrons. The summed E-state index contributed by atoms with van der Waals surface area (Å²) in [7, 11) is 0. The monoisotopic (exact) mass is 268 g/mol. The van der Waals surface area contributed by atoms with E-state index in [4.69, 9.17) is 0 Å². The summed E-state index contributed by atoms with van der Waals surface area (Å²) in [5.41, 5.74) is 2.96. The third-order valence-electron chi connectivity index (χ3n) is 3.75. The summed E-state index contributed by atoms with van der Waals surface area (Å²) >= 11 is 0. The summed E-state index contributed by atoms with van der Waals surface area (Å²) in [5, 5.41) is 0. The zero-order valence-corrected chi connectivity index (χ0v) is 12.6.